The van der Waals surface area contributed by atoms with E-state index in [1.165, 1.54) is 17.0 Å². The zero-order valence-corrected chi connectivity index (χ0v) is 23.1. The van der Waals surface area contributed by atoms with Crippen LogP contribution in [-0.4, -0.2) is 63.4 Å². The van der Waals surface area contributed by atoms with Crippen molar-refractivity contribution in [2.45, 2.75) is 76.9 Å². The first-order valence-electron chi connectivity index (χ1n) is 12.6. The fourth-order valence-electron chi connectivity index (χ4n) is 4.65. The van der Waals surface area contributed by atoms with Crippen LogP contribution in [0.15, 0.2) is 42.9 Å². The summed E-state index contributed by atoms with van der Waals surface area (Å²) in [4.78, 5) is 35.6. The molecule has 0 spiro atoms. The Hall–Kier alpha value is -3.11. The molecule has 3 heterocycles. The fourth-order valence-corrected chi connectivity index (χ4v) is 6.03. The monoisotopic (exact) mass is 526 g/mol. The Balaban J connectivity index is 1.57. The van der Waals surface area contributed by atoms with E-state index in [-0.39, 0.29) is 35.7 Å². The third kappa shape index (κ3) is 5.75. The van der Waals surface area contributed by atoms with Gasteiger partial charge in [-0.15, -0.1) is 0 Å². The smallest absolute Gasteiger partial charge is 0.407 e. The van der Waals surface area contributed by atoms with Gasteiger partial charge in [0, 0.05) is 24.7 Å². The van der Waals surface area contributed by atoms with Crippen LogP contribution in [0, 0.1) is 5.82 Å². The summed E-state index contributed by atoms with van der Waals surface area (Å²) >= 11 is 0. The number of likely N-dealkylation sites (tertiary alicyclic amines) is 1. The third-order valence-electron chi connectivity index (χ3n) is 7.64. The van der Waals surface area contributed by atoms with Gasteiger partial charge in [0.1, 0.15) is 11.3 Å². The van der Waals surface area contributed by atoms with Gasteiger partial charge in [-0.05, 0) is 49.2 Å². The van der Waals surface area contributed by atoms with Crippen molar-refractivity contribution < 1.29 is 23.5 Å². The summed E-state index contributed by atoms with van der Waals surface area (Å²) in [6.45, 7) is 11.2. The standard InChI is InChI=1S/C27H35FN4O4Si/c1-27(2,3)37(4,5)36-23-10-7-13-32(26(34)35)22(23)15-20(33)16-31-17-30-25-21(31)11-12-29-24(25)18-8-6-9-19(28)14-18/h6,8-9,11-12,14,17,22-23H,7,10,13,15-16H2,1-5H3,(H,34,35)/t22-,23+/m1/s1. The number of benzene rings is 1. The van der Waals surface area contributed by atoms with Crippen molar-refractivity contribution in [2.75, 3.05) is 6.54 Å². The molecule has 0 bridgehead atoms. The lowest BCUT2D eigenvalue weighted by Crippen LogP contribution is -2.56. The number of halogens is 1. The number of pyridine rings is 1. The van der Waals surface area contributed by atoms with E-state index in [4.69, 9.17) is 4.43 Å². The van der Waals surface area contributed by atoms with Crippen LogP contribution >= 0.6 is 0 Å². The fraction of sp³-hybridized carbons (Fsp3) is 0.481. The molecule has 1 aromatic carbocycles. The van der Waals surface area contributed by atoms with Crippen molar-refractivity contribution in [1.82, 2.24) is 19.4 Å². The number of amides is 1. The third-order valence-corrected chi connectivity index (χ3v) is 12.1. The molecule has 2 aromatic heterocycles. The molecule has 8 nitrogen and oxygen atoms in total. The van der Waals surface area contributed by atoms with Gasteiger partial charge in [-0.3, -0.25) is 9.78 Å². The molecule has 1 fully saturated rings. The first-order chi connectivity index (χ1) is 17.4. The summed E-state index contributed by atoms with van der Waals surface area (Å²) < 4.78 is 22.2. The van der Waals surface area contributed by atoms with Gasteiger partial charge in [-0.1, -0.05) is 32.9 Å². The number of carbonyl (C=O) groups excluding carboxylic acids is 1. The molecule has 0 aliphatic carbocycles. The van der Waals surface area contributed by atoms with Gasteiger partial charge >= 0.3 is 6.09 Å². The SMILES string of the molecule is CC(C)(C)[Si](C)(C)O[C@H]1CCCN(C(=O)O)[C@@H]1CC(=O)Cn1cnc2c(-c3cccc(F)c3)nccc21. The van der Waals surface area contributed by atoms with Gasteiger partial charge in [0.25, 0.3) is 0 Å². The average molecular weight is 527 g/mol. The molecular formula is C27H35FN4O4Si. The van der Waals surface area contributed by atoms with Crippen LogP contribution in [0.2, 0.25) is 18.1 Å². The number of Topliss-reactive ketones (excluding diaryl/α,β-unsaturated/α-hetero) is 1. The maximum Gasteiger partial charge on any atom is 0.407 e. The molecule has 10 heteroatoms. The quantitative estimate of drug-likeness (QED) is 0.395. The van der Waals surface area contributed by atoms with Gasteiger partial charge < -0.3 is 19.0 Å². The molecular weight excluding hydrogens is 491 g/mol. The van der Waals surface area contributed by atoms with Crippen LogP contribution in [0.5, 0.6) is 0 Å². The Kier molecular flexibility index (Phi) is 7.52. The van der Waals surface area contributed by atoms with Crippen LogP contribution in [0.3, 0.4) is 0 Å². The van der Waals surface area contributed by atoms with Crippen molar-refractivity contribution in [3.63, 3.8) is 0 Å². The Bertz CT molecular complexity index is 1300. The van der Waals surface area contributed by atoms with Crippen molar-refractivity contribution in [2.24, 2.45) is 0 Å². The predicted molar refractivity (Wildman–Crippen MR) is 142 cm³/mol. The number of aromatic nitrogens is 3. The van der Waals surface area contributed by atoms with E-state index < -0.39 is 20.5 Å². The summed E-state index contributed by atoms with van der Waals surface area (Å²) in [6.07, 6.45) is 3.34. The predicted octanol–water partition coefficient (Wildman–Crippen LogP) is 5.73. The van der Waals surface area contributed by atoms with Crippen molar-refractivity contribution in [3.05, 3.63) is 48.7 Å². The number of fused-ring (bicyclic) bond motifs is 1. The molecule has 37 heavy (non-hydrogen) atoms. The van der Waals surface area contributed by atoms with Gasteiger partial charge in [0.2, 0.25) is 0 Å². The van der Waals surface area contributed by atoms with Gasteiger partial charge in [-0.25, -0.2) is 14.2 Å². The molecule has 198 valence electrons. The van der Waals surface area contributed by atoms with E-state index in [1.807, 2.05) is 0 Å². The molecule has 1 N–H and O–H groups in total. The van der Waals surface area contributed by atoms with Crippen LogP contribution < -0.4 is 0 Å². The first kappa shape index (κ1) is 26.9. The second kappa shape index (κ2) is 10.3. The maximum atomic E-state index is 13.8. The highest BCUT2D eigenvalue weighted by atomic mass is 28.4. The van der Waals surface area contributed by atoms with Gasteiger partial charge in [0.05, 0.1) is 36.2 Å². The van der Waals surface area contributed by atoms with Crippen LogP contribution in [-0.2, 0) is 15.8 Å². The average Bonchev–Trinajstić information content (AvgIpc) is 3.21. The minimum absolute atomic E-state index is 0.0316. The summed E-state index contributed by atoms with van der Waals surface area (Å²) in [5, 5.41) is 9.84. The molecule has 4 rings (SSSR count). The molecule has 1 amide bonds. The number of nitrogens with zero attached hydrogens (tertiary/aromatic N) is 4. The number of carboxylic acid groups (broad SMARTS) is 1. The van der Waals surface area contributed by atoms with E-state index in [2.05, 4.69) is 43.8 Å². The summed E-state index contributed by atoms with van der Waals surface area (Å²) in [5.74, 6) is -0.471. The molecule has 0 radical (unpaired) electrons. The molecule has 1 aliphatic heterocycles. The normalized spacial score (nSPS) is 18.8. The summed E-state index contributed by atoms with van der Waals surface area (Å²) in [6, 6.07) is 7.39. The minimum Gasteiger partial charge on any atom is -0.465 e. The van der Waals surface area contributed by atoms with Gasteiger partial charge in [-0.2, -0.15) is 0 Å². The number of imidazole rings is 1. The van der Waals surface area contributed by atoms with Gasteiger partial charge in [0.15, 0.2) is 14.1 Å². The number of hydrogen-bond acceptors (Lipinski definition) is 5. The lowest BCUT2D eigenvalue weighted by atomic mass is 9.95. The lowest BCUT2D eigenvalue weighted by Gasteiger charge is -2.45. The molecule has 0 saturated carbocycles. The highest BCUT2D eigenvalue weighted by molar-refractivity contribution is 6.74. The van der Waals surface area contributed by atoms with E-state index in [9.17, 15) is 19.1 Å². The second-order valence-electron chi connectivity index (χ2n) is 11.3. The highest BCUT2D eigenvalue weighted by Crippen LogP contribution is 2.39. The van der Waals surface area contributed by atoms with Crippen LogP contribution in [0.1, 0.15) is 40.0 Å². The largest absolute Gasteiger partial charge is 0.465 e. The van der Waals surface area contributed by atoms with Crippen LogP contribution in [0.25, 0.3) is 22.3 Å². The van der Waals surface area contributed by atoms with E-state index >= 15 is 0 Å². The van der Waals surface area contributed by atoms with E-state index in [0.29, 0.717) is 35.3 Å². The van der Waals surface area contributed by atoms with Crippen molar-refractivity contribution in [3.8, 4) is 11.3 Å². The number of rotatable bonds is 7. The minimum atomic E-state index is -2.17. The summed E-state index contributed by atoms with van der Waals surface area (Å²) in [5.41, 5.74) is 2.42. The van der Waals surface area contributed by atoms with Crippen molar-refractivity contribution >= 4 is 31.2 Å². The molecule has 0 unspecified atom stereocenters. The second-order valence-corrected chi connectivity index (χ2v) is 16.0. The molecule has 2 atom stereocenters. The number of piperidine rings is 1. The zero-order chi connectivity index (χ0) is 27.0. The molecule has 1 aliphatic rings. The van der Waals surface area contributed by atoms with E-state index in [0.717, 1.165) is 6.42 Å². The first-order valence-corrected chi connectivity index (χ1v) is 15.5. The Labute approximate surface area is 217 Å². The topological polar surface area (TPSA) is 97.6 Å². The number of carbonyl (C=O) groups is 2. The van der Waals surface area contributed by atoms with Crippen LogP contribution in [0.4, 0.5) is 9.18 Å². The van der Waals surface area contributed by atoms with Crippen molar-refractivity contribution in [1.29, 1.82) is 0 Å². The summed E-state index contributed by atoms with van der Waals surface area (Å²) in [7, 11) is -2.17. The molecule has 1 saturated heterocycles. The Morgan fingerprint density at radius 1 is 1.22 bits per heavy atom. The maximum absolute atomic E-state index is 13.8. The Morgan fingerprint density at radius 3 is 2.65 bits per heavy atom. The number of hydrogen-bond donors (Lipinski definition) is 1. The Morgan fingerprint density at radius 2 is 1.97 bits per heavy atom. The molecule has 3 aromatic rings. The zero-order valence-electron chi connectivity index (χ0n) is 22.1. The highest BCUT2D eigenvalue weighted by Gasteiger charge is 2.44. The lowest BCUT2D eigenvalue weighted by molar-refractivity contribution is -0.122. The number of ketones is 1. The van der Waals surface area contributed by atoms with E-state index in [1.54, 1.807) is 35.3 Å².